The highest BCUT2D eigenvalue weighted by atomic mass is 16.5. The number of ether oxygens (including phenoxy) is 1. The summed E-state index contributed by atoms with van der Waals surface area (Å²) in [4.78, 5) is 31.1. The second kappa shape index (κ2) is 9.16. The predicted molar refractivity (Wildman–Crippen MR) is 124 cm³/mol. The Morgan fingerprint density at radius 3 is 2.74 bits per heavy atom. The molecule has 0 radical (unpaired) electrons. The zero-order valence-electron chi connectivity index (χ0n) is 19.6. The van der Waals surface area contributed by atoms with Crippen molar-refractivity contribution >= 4 is 11.9 Å². The van der Waals surface area contributed by atoms with Gasteiger partial charge in [0.05, 0.1) is 17.2 Å². The van der Waals surface area contributed by atoms with Gasteiger partial charge in [-0.05, 0) is 66.4 Å². The van der Waals surface area contributed by atoms with E-state index in [9.17, 15) is 14.7 Å². The topological polar surface area (TPSA) is 135 Å². The van der Waals surface area contributed by atoms with Gasteiger partial charge in [-0.15, -0.1) is 5.10 Å². The largest absolute Gasteiger partial charge is 0.457 e. The first kappa shape index (κ1) is 23.1. The maximum absolute atomic E-state index is 12.8. The maximum Gasteiger partial charge on any atom is 0.338 e. The number of β-amino-alcohol motifs (C(OH)–C–C–N with tert-alkyl or cyclic N) is 1. The summed E-state index contributed by atoms with van der Waals surface area (Å²) in [7, 11) is 0. The van der Waals surface area contributed by atoms with Gasteiger partial charge < -0.3 is 20.1 Å². The van der Waals surface area contributed by atoms with Crippen LogP contribution in [0.25, 0.3) is 5.82 Å². The molecule has 3 aromatic rings. The number of esters is 1. The standard InChI is InChI=1S/C24H27N7O4/c1-15-17(4-5-18-19(15)13-35-23(18)34)20(32)12-30-9-7-24(2,8-10-30)27-22(33)16-3-6-21(25-11-16)31-14-26-28-29-31/h3-6,11,14,20,32H,7-10,12-13H2,1-2H3,(H,27,33). The Morgan fingerprint density at radius 2 is 2.06 bits per heavy atom. The van der Waals surface area contributed by atoms with Gasteiger partial charge in [-0.2, -0.15) is 4.68 Å². The first-order valence-corrected chi connectivity index (χ1v) is 11.5. The predicted octanol–water partition coefficient (Wildman–Crippen LogP) is 1.35. The summed E-state index contributed by atoms with van der Waals surface area (Å²) >= 11 is 0. The third-order valence-electron chi connectivity index (χ3n) is 6.97. The first-order valence-electron chi connectivity index (χ1n) is 11.5. The highest BCUT2D eigenvalue weighted by molar-refractivity contribution is 5.94. The van der Waals surface area contributed by atoms with Crippen LogP contribution in [0.3, 0.4) is 0 Å². The number of nitrogens with zero attached hydrogens (tertiary/aromatic N) is 6. The summed E-state index contributed by atoms with van der Waals surface area (Å²) in [6.07, 6.45) is 3.80. The van der Waals surface area contributed by atoms with Crippen LogP contribution in [0, 0.1) is 6.92 Å². The summed E-state index contributed by atoms with van der Waals surface area (Å²) in [6, 6.07) is 6.95. The van der Waals surface area contributed by atoms with Crippen LogP contribution in [0.4, 0.5) is 0 Å². The lowest BCUT2D eigenvalue weighted by Gasteiger charge is -2.40. The number of nitrogens with one attached hydrogen (secondary N) is 1. The van der Waals surface area contributed by atoms with Crippen LogP contribution in [0.1, 0.15) is 63.3 Å². The van der Waals surface area contributed by atoms with Gasteiger partial charge in [0.1, 0.15) is 12.9 Å². The number of aliphatic hydroxyl groups excluding tert-OH is 1. The smallest absolute Gasteiger partial charge is 0.338 e. The van der Waals surface area contributed by atoms with Crippen LogP contribution in [0.15, 0.2) is 36.8 Å². The molecule has 4 heterocycles. The number of piperidine rings is 1. The van der Waals surface area contributed by atoms with Gasteiger partial charge in [-0.1, -0.05) is 6.07 Å². The van der Waals surface area contributed by atoms with E-state index in [1.807, 2.05) is 19.9 Å². The Hall–Kier alpha value is -3.70. The Morgan fingerprint density at radius 1 is 1.26 bits per heavy atom. The number of pyridine rings is 1. The zero-order chi connectivity index (χ0) is 24.6. The molecule has 35 heavy (non-hydrogen) atoms. The molecule has 0 saturated carbocycles. The molecule has 2 aromatic heterocycles. The van der Waals surface area contributed by atoms with E-state index in [0.29, 0.717) is 23.5 Å². The molecule has 0 aliphatic carbocycles. The number of cyclic esters (lactones) is 1. The van der Waals surface area contributed by atoms with Crippen LogP contribution in [0.5, 0.6) is 0 Å². The van der Waals surface area contributed by atoms with Gasteiger partial charge in [0, 0.05) is 36.9 Å². The molecule has 1 atom stereocenters. The van der Waals surface area contributed by atoms with E-state index in [1.54, 1.807) is 18.2 Å². The number of rotatable bonds is 6. The van der Waals surface area contributed by atoms with Crippen molar-refractivity contribution in [2.75, 3.05) is 19.6 Å². The summed E-state index contributed by atoms with van der Waals surface area (Å²) in [5.41, 5.74) is 3.30. The molecule has 11 nitrogen and oxygen atoms in total. The molecule has 2 aliphatic rings. The molecule has 5 rings (SSSR count). The van der Waals surface area contributed by atoms with Crippen molar-refractivity contribution in [2.24, 2.45) is 0 Å². The molecular formula is C24H27N7O4. The third kappa shape index (κ3) is 4.64. The number of fused-ring (bicyclic) bond motifs is 1. The Balaban J connectivity index is 1.16. The number of tetrazole rings is 1. The maximum atomic E-state index is 12.8. The molecule has 1 fully saturated rings. The summed E-state index contributed by atoms with van der Waals surface area (Å²) in [5.74, 6) is 0.0466. The first-order chi connectivity index (χ1) is 16.8. The van der Waals surface area contributed by atoms with Gasteiger partial charge in [-0.3, -0.25) is 4.79 Å². The molecular weight excluding hydrogens is 450 g/mol. The fourth-order valence-electron chi connectivity index (χ4n) is 4.69. The number of hydrogen-bond acceptors (Lipinski definition) is 9. The fraction of sp³-hybridized carbons (Fsp3) is 0.417. The zero-order valence-corrected chi connectivity index (χ0v) is 19.6. The van der Waals surface area contributed by atoms with Crippen LogP contribution < -0.4 is 5.32 Å². The molecule has 2 aliphatic heterocycles. The highest BCUT2D eigenvalue weighted by Gasteiger charge is 2.33. The normalized spacial score (nSPS) is 18.1. The fourth-order valence-corrected chi connectivity index (χ4v) is 4.69. The highest BCUT2D eigenvalue weighted by Crippen LogP contribution is 2.30. The second-order valence-electron chi connectivity index (χ2n) is 9.37. The van der Waals surface area contributed by atoms with E-state index in [4.69, 9.17) is 4.74 Å². The summed E-state index contributed by atoms with van der Waals surface area (Å²) in [6.45, 7) is 6.21. The van der Waals surface area contributed by atoms with Gasteiger partial charge in [0.25, 0.3) is 5.91 Å². The molecule has 1 amide bonds. The average molecular weight is 478 g/mol. The monoisotopic (exact) mass is 477 g/mol. The Bertz CT molecular complexity index is 1240. The minimum atomic E-state index is -0.667. The molecule has 1 saturated heterocycles. The Kier molecular flexibility index (Phi) is 6.03. The van der Waals surface area contributed by atoms with Crippen molar-refractivity contribution in [3.05, 3.63) is 64.6 Å². The van der Waals surface area contributed by atoms with Gasteiger partial charge in [0.15, 0.2) is 5.82 Å². The Labute approximate surface area is 202 Å². The molecule has 2 N–H and O–H groups in total. The SMILES string of the molecule is Cc1c(C(O)CN2CCC(C)(NC(=O)c3ccc(-n4cnnn4)nc3)CC2)ccc2c1COC2=O. The molecule has 11 heteroatoms. The van der Waals surface area contributed by atoms with Crippen molar-refractivity contribution in [3.63, 3.8) is 0 Å². The minimum absolute atomic E-state index is 0.178. The molecule has 1 unspecified atom stereocenters. The number of amides is 1. The van der Waals surface area contributed by atoms with Crippen molar-refractivity contribution in [1.82, 2.24) is 35.4 Å². The number of aromatic nitrogens is 5. The van der Waals surface area contributed by atoms with Crippen LogP contribution in [-0.4, -0.2) is 72.2 Å². The van der Waals surface area contributed by atoms with Gasteiger partial charge in [-0.25, -0.2) is 9.78 Å². The van der Waals surface area contributed by atoms with Crippen LogP contribution in [-0.2, 0) is 11.3 Å². The lowest BCUT2D eigenvalue weighted by atomic mass is 9.88. The van der Waals surface area contributed by atoms with E-state index in [2.05, 4.69) is 30.7 Å². The van der Waals surface area contributed by atoms with E-state index >= 15 is 0 Å². The average Bonchev–Trinajstić information content (AvgIpc) is 3.52. The van der Waals surface area contributed by atoms with Gasteiger partial charge in [0.2, 0.25) is 0 Å². The van der Waals surface area contributed by atoms with E-state index < -0.39 is 6.10 Å². The summed E-state index contributed by atoms with van der Waals surface area (Å²) in [5, 5.41) is 25.0. The van der Waals surface area contributed by atoms with Crippen molar-refractivity contribution in [2.45, 2.75) is 44.9 Å². The molecule has 1 aromatic carbocycles. The quantitative estimate of drug-likeness (QED) is 0.504. The van der Waals surface area contributed by atoms with Crippen LogP contribution >= 0.6 is 0 Å². The van der Waals surface area contributed by atoms with E-state index in [0.717, 1.165) is 42.6 Å². The number of aliphatic hydroxyl groups is 1. The minimum Gasteiger partial charge on any atom is -0.457 e. The molecule has 0 spiro atoms. The van der Waals surface area contributed by atoms with Gasteiger partial charge >= 0.3 is 5.97 Å². The molecule has 0 bridgehead atoms. The van der Waals surface area contributed by atoms with Crippen molar-refractivity contribution in [1.29, 1.82) is 0 Å². The number of hydrogen-bond donors (Lipinski definition) is 2. The van der Waals surface area contributed by atoms with Crippen molar-refractivity contribution < 1.29 is 19.4 Å². The number of likely N-dealkylation sites (tertiary alicyclic amines) is 1. The number of carbonyl (C=O) groups excluding carboxylic acids is 2. The van der Waals surface area contributed by atoms with E-state index in [-0.39, 0.29) is 24.0 Å². The van der Waals surface area contributed by atoms with Crippen molar-refractivity contribution in [3.8, 4) is 5.82 Å². The van der Waals surface area contributed by atoms with Crippen LogP contribution in [0.2, 0.25) is 0 Å². The summed E-state index contributed by atoms with van der Waals surface area (Å²) < 4.78 is 6.54. The van der Waals surface area contributed by atoms with E-state index in [1.165, 1.54) is 17.2 Å². The third-order valence-corrected chi connectivity index (χ3v) is 6.97. The second-order valence-corrected chi connectivity index (χ2v) is 9.37. The number of benzene rings is 1. The molecule has 182 valence electrons. The lowest BCUT2D eigenvalue weighted by Crippen LogP contribution is -2.53. The number of carbonyl (C=O) groups is 2. The lowest BCUT2D eigenvalue weighted by molar-refractivity contribution is 0.0534.